The van der Waals surface area contributed by atoms with Crippen molar-refractivity contribution >= 4 is 5.78 Å². The van der Waals surface area contributed by atoms with E-state index in [0.29, 0.717) is 24.5 Å². The molecule has 0 aromatic heterocycles. The second-order valence-electron chi connectivity index (χ2n) is 9.23. The first-order valence-electron chi connectivity index (χ1n) is 9.36. The summed E-state index contributed by atoms with van der Waals surface area (Å²) in [7, 11) is 0. The van der Waals surface area contributed by atoms with Gasteiger partial charge < -0.3 is 15.3 Å². The summed E-state index contributed by atoms with van der Waals surface area (Å²) >= 11 is 0. The molecular weight excluding hydrogens is 292 g/mol. The third kappa shape index (κ3) is 1.98. The van der Waals surface area contributed by atoms with E-state index in [4.69, 9.17) is 0 Å². The number of carbonyl (C=O) groups is 1. The van der Waals surface area contributed by atoms with Gasteiger partial charge >= 0.3 is 0 Å². The lowest BCUT2D eigenvalue weighted by Crippen LogP contribution is -2.64. The molecule has 0 spiro atoms. The van der Waals surface area contributed by atoms with Crippen LogP contribution in [0.3, 0.4) is 0 Å². The SMILES string of the molecule is C[C@]12CC[C@H](O)CC1[C@H](O)[C@@H](O)C1C2CC[C@]2(C)C(=O)CCC12. The molecular formula is C19H30O4. The van der Waals surface area contributed by atoms with E-state index in [0.717, 1.165) is 32.1 Å². The third-order valence-corrected chi connectivity index (χ3v) is 8.43. The first-order valence-corrected chi connectivity index (χ1v) is 9.36. The molecule has 4 nitrogen and oxygen atoms in total. The van der Waals surface area contributed by atoms with Gasteiger partial charge in [-0.3, -0.25) is 4.79 Å². The lowest BCUT2D eigenvalue weighted by molar-refractivity contribution is -0.219. The quantitative estimate of drug-likeness (QED) is 0.636. The third-order valence-electron chi connectivity index (χ3n) is 8.43. The summed E-state index contributed by atoms with van der Waals surface area (Å²) in [6.45, 7) is 4.34. The first-order chi connectivity index (χ1) is 10.8. The van der Waals surface area contributed by atoms with Gasteiger partial charge in [0, 0.05) is 11.8 Å². The Kier molecular flexibility index (Phi) is 3.51. The molecule has 4 aliphatic rings. The molecule has 0 bridgehead atoms. The highest BCUT2D eigenvalue weighted by molar-refractivity contribution is 5.87. The average Bonchev–Trinajstić information content (AvgIpc) is 2.82. The molecule has 0 aromatic carbocycles. The highest BCUT2D eigenvalue weighted by Gasteiger charge is 2.64. The molecule has 0 aromatic rings. The molecule has 4 fully saturated rings. The monoisotopic (exact) mass is 322 g/mol. The number of Topliss-reactive ketones (excluding diaryl/α,β-unsaturated/α-hetero) is 1. The number of rotatable bonds is 0. The number of aliphatic hydroxyl groups excluding tert-OH is 3. The second kappa shape index (κ2) is 5.03. The summed E-state index contributed by atoms with van der Waals surface area (Å²) in [5.74, 6) is 0.940. The van der Waals surface area contributed by atoms with Gasteiger partial charge in [-0.25, -0.2) is 0 Å². The highest BCUT2D eigenvalue weighted by atomic mass is 16.3. The zero-order chi connectivity index (χ0) is 16.6. The molecule has 23 heavy (non-hydrogen) atoms. The standard InChI is InChI=1S/C19H30O4/c1-18-7-5-10(20)9-13(18)16(22)17(23)15-11-3-4-14(21)19(11,2)8-6-12(15)18/h10-13,15-17,20,22-23H,3-9H2,1-2H3/t10-,11?,12?,13?,15?,16-,17-,18+,19-/m0/s1. The van der Waals surface area contributed by atoms with Gasteiger partial charge in [-0.1, -0.05) is 13.8 Å². The number of aliphatic hydroxyl groups is 3. The average molecular weight is 322 g/mol. The maximum atomic E-state index is 12.4. The van der Waals surface area contributed by atoms with Crippen molar-refractivity contribution in [2.75, 3.05) is 0 Å². The van der Waals surface area contributed by atoms with Crippen molar-refractivity contribution in [2.45, 2.75) is 77.1 Å². The van der Waals surface area contributed by atoms with E-state index in [9.17, 15) is 20.1 Å². The van der Waals surface area contributed by atoms with Gasteiger partial charge in [0.25, 0.3) is 0 Å². The minimum atomic E-state index is -0.769. The van der Waals surface area contributed by atoms with Crippen molar-refractivity contribution in [3.8, 4) is 0 Å². The van der Waals surface area contributed by atoms with Gasteiger partial charge in [-0.15, -0.1) is 0 Å². The molecule has 3 N–H and O–H groups in total. The Bertz CT molecular complexity index is 519. The van der Waals surface area contributed by atoms with Crippen molar-refractivity contribution in [3.63, 3.8) is 0 Å². The Labute approximate surface area is 138 Å². The fourth-order valence-corrected chi connectivity index (χ4v) is 7.01. The number of fused-ring (bicyclic) bond motifs is 5. The van der Waals surface area contributed by atoms with Gasteiger partial charge in [0.1, 0.15) is 5.78 Å². The fourth-order valence-electron chi connectivity index (χ4n) is 7.01. The maximum Gasteiger partial charge on any atom is 0.139 e. The highest BCUT2D eigenvalue weighted by Crippen LogP contribution is 2.65. The second-order valence-corrected chi connectivity index (χ2v) is 9.23. The minimum absolute atomic E-state index is 0.0183. The Morgan fingerprint density at radius 2 is 1.65 bits per heavy atom. The lowest BCUT2D eigenvalue weighted by atomic mass is 9.44. The predicted molar refractivity (Wildman–Crippen MR) is 85.5 cm³/mol. The molecule has 130 valence electrons. The van der Waals surface area contributed by atoms with Crippen molar-refractivity contribution in [1.29, 1.82) is 0 Å². The van der Waals surface area contributed by atoms with E-state index in [1.165, 1.54) is 0 Å². The molecule has 0 radical (unpaired) electrons. The molecule has 0 amide bonds. The largest absolute Gasteiger partial charge is 0.393 e. The molecule has 0 saturated heterocycles. The van der Waals surface area contributed by atoms with Crippen LogP contribution in [0, 0.1) is 34.5 Å². The number of hydrogen-bond donors (Lipinski definition) is 3. The summed E-state index contributed by atoms with van der Waals surface area (Å²) in [4.78, 5) is 12.4. The number of ketones is 1. The van der Waals surface area contributed by atoms with Gasteiger partial charge in [-0.05, 0) is 67.6 Å². The van der Waals surface area contributed by atoms with Crippen LogP contribution in [0.1, 0.15) is 58.8 Å². The Morgan fingerprint density at radius 3 is 2.39 bits per heavy atom. The van der Waals surface area contributed by atoms with Crippen LogP contribution in [0.15, 0.2) is 0 Å². The van der Waals surface area contributed by atoms with E-state index in [2.05, 4.69) is 13.8 Å². The van der Waals surface area contributed by atoms with E-state index in [1.54, 1.807) is 0 Å². The van der Waals surface area contributed by atoms with E-state index in [1.807, 2.05) is 0 Å². The van der Waals surface area contributed by atoms with Crippen LogP contribution in [0.2, 0.25) is 0 Å². The summed E-state index contributed by atoms with van der Waals surface area (Å²) in [6.07, 6.45) is 3.82. The van der Waals surface area contributed by atoms with Gasteiger partial charge in [0.15, 0.2) is 0 Å². The van der Waals surface area contributed by atoms with Gasteiger partial charge in [0.05, 0.1) is 18.3 Å². The van der Waals surface area contributed by atoms with Gasteiger partial charge in [-0.2, -0.15) is 0 Å². The Morgan fingerprint density at radius 1 is 0.913 bits per heavy atom. The summed E-state index contributed by atoms with van der Waals surface area (Å²) in [5, 5.41) is 31.8. The van der Waals surface area contributed by atoms with Crippen LogP contribution < -0.4 is 0 Å². The molecule has 4 aliphatic carbocycles. The number of carbonyl (C=O) groups excluding carboxylic acids is 1. The Balaban J connectivity index is 1.73. The van der Waals surface area contributed by atoms with E-state index < -0.39 is 12.2 Å². The van der Waals surface area contributed by atoms with Gasteiger partial charge in [0.2, 0.25) is 0 Å². The molecule has 4 rings (SSSR count). The molecule has 4 saturated carbocycles. The molecule has 4 unspecified atom stereocenters. The van der Waals surface area contributed by atoms with Crippen LogP contribution in [0.5, 0.6) is 0 Å². The first kappa shape index (κ1) is 16.0. The summed E-state index contributed by atoms with van der Waals surface area (Å²) in [6, 6.07) is 0. The van der Waals surface area contributed by atoms with Crippen molar-refractivity contribution in [3.05, 3.63) is 0 Å². The lowest BCUT2D eigenvalue weighted by Gasteiger charge is -2.62. The molecule has 0 heterocycles. The normalized spacial score (nSPS) is 59.2. The Hall–Kier alpha value is -0.450. The molecule has 0 aliphatic heterocycles. The smallest absolute Gasteiger partial charge is 0.139 e. The molecule has 4 heteroatoms. The maximum absolute atomic E-state index is 12.4. The summed E-state index contributed by atoms with van der Waals surface area (Å²) in [5.41, 5.74) is -0.311. The fraction of sp³-hybridized carbons (Fsp3) is 0.947. The van der Waals surface area contributed by atoms with Crippen molar-refractivity contribution in [1.82, 2.24) is 0 Å². The minimum Gasteiger partial charge on any atom is -0.393 e. The van der Waals surface area contributed by atoms with Crippen molar-refractivity contribution < 1.29 is 20.1 Å². The van der Waals surface area contributed by atoms with Crippen LogP contribution in [-0.2, 0) is 4.79 Å². The van der Waals surface area contributed by atoms with E-state index >= 15 is 0 Å². The van der Waals surface area contributed by atoms with Crippen LogP contribution >= 0.6 is 0 Å². The van der Waals surface area contributed by atoms with E-state index in [-0.39, 0.29) is 34.7 Å². The predicted octanol–water partition coefficient (Wildman–Crippen LogP) is 1.90. The number of hydrogen-bond acceptors (Lipinski definition) is 4. The zero-order valence-electron chi connectivity index (χ0n) is 14.2. The summed E-state index contributed by atoms with van der Waals surface area (Å²) < 4.78 is 0. The van der Waals surface area contributed by atoms with Crippen LogP contribution in [0.4, 0.5) is 0 Å². The topological polar surface area (TPSA) is 77.8 Å². The van der Waals surface area contributed by atoms with Crippen LogP contribution in [-0.4, -0.2) is 39.4 Å². The van der Waals surface area contributed by atoms with Crippen molar-refractivity contribution in [2.24, 2.45) is 34.5 Å². The van der Waals surface area contributed by atoms with Crippen LogP contribution in [0.25, 0.3) is 0 Å². The molecule has 9 atom stereocenters. The zero-order valence-corrected chi connectivity index (χ0v) is 14.2.